The summed E-state index contributed by atoms with van der Waals surface area (Å²) in [4.78, 5) is 52.8. The van der Waals surface area contributed by atoms with Crippen LogP contribution in [-0.2, 0) is 54.6 Å². The predicted molar refractivity (Wildman–Crippen MR) is 277 cm³/mol. The van der Waals surface area contributed by atoms with Crippen molar-refractivity contribution in [1.29, 1.82) is 0 Å². The lowest BCUT2D eigenvalue weighted by molar-refractivity contribution is -0.276. The number of fused-ring (bicyclic) bond motifs is 9. The summed E-state index contributed by atoms with van der Waals surface area (Å²) in [6, 6.07) is 0. The van der Waals surface area contributed by atoms with Gasteiger partial charge in [0.05, 0.1) is 57.9 Å². The quantitative estimate of drug-likeness (QED) is 0.194. The third-order valence-corrected chi connectivity index (χ3v) is 18.3. The van der Waals surface area contributed by atoms with Gasteiger partial charge < -0.3 is 28.8 Å². The first-order valence-corrected chi connectivity index (χ1v) is 24.8. The lowest BCUT2D eigenvalue weighted by Gasteiger charge is -2.59. The van der Waals surface area contributed by atoms with Crippen LogP contribution in [0.25, 0.3) is 0 Å². The van der Waals surface area contributed by atoms with Gasteiger partial charge in [-0.05, 0) is 96.3 Å². The first kappa shape index (κ1) is 57.3. The molecular weight excluding hydrogens is 897 g/mol. The maximum absolute atomic E-state index is 12.7. The van der Waals surface area contributed by atoms with Gasteiger partial charge in [-0.2, -0.15) is 15.0 Å². The second-order valence-corrected chi connectivity index (χ2v) is 23.0. The van der Waals surface area contributed by atoms with E-state index in [0.29, 0.717) is 66.8 Å². The molecule has 1 N–H and O–H groups in total. The minimum absolute atomic E-state index is 0. The van der Waals surface area contributed by atoms with Crippen LogP contribution >= 0.6 is 0 Å². The molecular formula is C57H88N6O8. The van der Waals surface area contributed by atoms with Crippen LogP contribution in [0.1, 0.15) is 187 Å². The molecule has 7 aliphatic rings. The predicted octanol–water partition coefficient (Wildman–Crippen LogP) is 11.1. The molecule has 10 rings (SSSR count). The number of nitrogens with zero attached hydrogens (tertiary/aromatic N) is 6. The first-order chi connectivity index (χ1) is 31.9. The maximum Gasteiger partial charge on any atom is 0.219 e. The van der Waals surface area contributed by atoms with Gasteiger partial charge in [0.2, 0.25) is 17.6 Å². The van der Waals surface area contributed by atoms with E-state index in [1.807, 2.05) is 34.6 Å². The molecule has 0 radical (unpaired) electrons. The molecule has 1 spiro atoms. The molecule has 1 saturated heterocycles. The molecule has 71 heavy (non-hydrogen) atoms. The largest absolute Gasteiger partial charge is 0.515 e. The number of allylic oxidation sites excluding steroid dienone is 1. The van der Waals surface area contributed by atoms with Crippen LogP contribution < -0.4 is 14.2 Å². The fraction of sp³-hybridized carbons (Fsp3) is 0.719. The smallest absolute Gasteiger partial charge is 0.219 e. The highest BCUT2D eigenvalue weighted by Gasteiger charge is 2.64. The van der Waals surface area contributed by atoms with E-state index in [-0.39, 0.29) is 61.1 Å². The number of carbonyl (C=O) groups is 2. The fourth-order valence-corrected chi connectivity index (χ4v) is 14.9. The summed E-state index contributed by atoms with van der Waals surface area (Å²) >= 11 is 0. The molecule has 4 heterocycles. The van der Waals surface area contributed by atoms with E-state index in [0.717, 1.165) is 104 Å². The summed E-state index contributed by atoms with van der Waals surface area (Å²) in [5, 5.41) is 9.56. The van der Waals surface area contributed by atoms with Gasteiger partial charge in [0.15, 0.2) is 11.6 Å². The van der Waals surface area contributed by atoms with E-state index in [1.165, 1.54) is 11.3 Å². The first-order valence-electron chi connectivity index (χ1n) is 24.8. The van der Waals surface area contributed by atoms with Crippen molar-refractivity contribution >= 4 is 11.6 Å². The maximum atomic E-state index is 12.7. The van der Waals surface area contributed by atoms with Crippen molar-refractivity contribution in [2.24, 2.45) is 34.0 Å². The van der Waals surface area contributed by atoms with Crippen LogP contribution in [0.15, 0.2) is 11.8 Å². The minimum atomic E-state index is -0.522. The molecule has 14 heteroatoms. The molecule has 3 aromatic heterocycles. The van der Waals surface area contributed by atoms with Crippen molar-refractivity contribution in [3.8, 4) is 17.6 Å². The topological polar surface area (TPSA) is 178 Å². The Morgan fingerprint density at radius 2 is 0.930 bits per heavy atom. The lowest BCUT2D eigenvalue weighted by Crippen LogP contribution is -2.61. The number of rotatable bonds is 3. The summed E-state index contributed by atoms with van der Waals surface area (Å²) in [7, 11) is 5.01. The number of aromatic nitrogens is 6. The molecule has 4 fully saturated rings. The lowest BCUT2D eigenvalue weighted by atomic mass is 9.49. The monoisotopic (exact) mass is 985 g/mol. The Kier molecular flexibility index (Phi) is 16.2. The molecule has 6 atom stereocenters. The number of aryl methyl sites for hydroxylation is 3. The SMILES string of the molecule is C.C.C.COc1nc(C)nc2c1CC[C@H]1C(C)(C)C(=O)/C(=C\O)C[C@]21C.COc1nc(C)nc2c1CC[C@H]1C(C)(C)C(=O)CC[C@]21C.COc1nc(C)nc2c1CC[C@H]1C(C)(C)C3(CC[C@]21C)OCCO3. The number of aliphatic hydroxyl groups excluding tert-OH is 1. The number of Topliss-reactive ketones (excluding diaryl/α,β-unsaturated/α-hetero) is 2. The molecule has 0 bridgehead atoms. The normalized spacial score (nSPS) is 30.2. The third-order valence-electron chi connectivity index (χ3n) is 18.3. The van der Waals surface area contributed by atoms with E-state index in [1.54, 1.807) is 21.3 Å². The summed E-state index contributed by atoms with van der Waals surface area (Å²) in [5.41, 5.74) is 5.95. The van der Waals surface area contributed by atoms with Crippen molar-refractivity contribution in [2.75, 3.05) is 34.5 Å². The van der Waals surface area contributed by atoms with Crippen LogP contribution in [0, 0.1) is 54.8 Å². The van der Waals surface area contributed by atoms with E-state index < -0.39 is 11.2 Å². The van der Waals surface area contributed by atoms with Crippen LogP contribution in [0.2, 0.25) is 0 Å². The second kappa shape index (κ2) is 20.0. The Balaban J connectivity index is 0.000000194. The van der Waals surface area contributed by atoms with Crippen molar-refractivity contribution < 1.29 is 38.4 Å². The van der Waals surface area contributed by atoms with Crippen molar-refractivity contribution in [3.63, 3.8) is 0 Å². The summed E-state index contributed by atoms with van der Waals surface area (Å²) in [6.45, 7) is 26.7. The van der Waals surface area contributed by atoms with Crippen molar-refractivity contribution in [1.82, 2.24) is 29.9 Å². The highest BCUT2D eigenvalue weighted by Crippen LogP contribution is 2.63. The van der Waals surface area contributed by atoms with Gasteiger partial charge in [-0.1, -0.05) is 84.6 Å². The van der Waals surface area contributed by atoms with Gasteiger partial charge in [0, 0.05) is 67.6 Å². The van der Waals surface area contributed by atoms with Crippen LogP contribution in [0.3, 0.4) is 0 Å². The number of aliphatic hydroxyl groups is 1. The molecule has 0 amide bonds. The molecule has 3 saturated carbocycles. The molecule has 14 nitrogen and oxygen atoms in total. The van der Waals surface area contributed by atoms with Gasteiger partial charge in [0.1, 0.15) is 23.3 Å². The Morgan fingerprint density at radius 1 is 0.535 bits per heavy atom. The zero-order valence-corrected chi connectivity index (χ0v) is 43.5. The van der Waals surface area contributed by atoms with Crippen LogP contribution in [0.5, 0.6) is 17.6 Å². The Bertz CT molecular complexity index is 2530. The van der Waals surface area contributed by atoms with Crippen LogP contribution in [0.4, 0.5) is 0 Å². The summed E-state index contributed by atoms with van der Waals surface area (Å²) < 4.78 is 28.8. The molecule has 1 aliphatic heterocycles. The van der Waals surface area contributed by atoms with Gasteiger partial charge in [-0.25, -0.2) is 15.0 Å². The number of ketones is 2. The standard InChI is InChI=1S/C19H28N2O3.C18H24N2O3.C17H24N2O2.3CH4/c1-12-20-15-13(16(21-12)22-5)6-7-14-17(2,3)19(23-10-11-24-19)9-8-18(14,15)4;1-10-19-14-12(16(20-10)23-5)6-7-13-17(2,3)15(22)11(9-21)8-18(13,14)4;1-10-18-14-11(15(19-10)21-5)6-7-12-16(2,3)13(20)8-9-17(12,14)4;;;/h14H,6-11H2,1-5H3;9,13,21H,6-8H2,1-5H3;12H,6-9H2,1-5H3;3*1H4/b;11-9-;;;;/t14-,18-;13-,18-;12-,17-;;;/m000.../s1. The Labute approximate surface area is 425 Å². The zero-order valence-electron chi connectivity index (χ0n) is 43.5. The summed E-state index contributed by atoms with van der Waals surface area (Å²) in [5.74, 6) is 5.31. The van der Waals surface area contributed by atoms with E-state index in [4.69, 9.17) is 38.6 Å². The van der Waals surface area contributed by atoms with Gasteiger partial charge in [-0.3, -0.25) is 9.59 Å². The average Bonchev–Trinajstić information content (AvgIpc) is 3.79. The molecule has 394 valence electrons. The molecule has 3 aromatic rings. The van der Waals surface area contributed by atoms with E-state index >= 15 is 0 Å². The number of hydrogen-bond donors (Lipinski definition) is 1. The number of methoxy groups -OCH3 is 3. The highest BCUT2D eigenvalue weighted by atomic mass is 16.7. The minimum Gasteiger partial charge on any atom is -0.515 e. The number of ether oxygens (including phenoxy) is 5. The van der Waals surface area contributed by atoms with Gasteiger partial charge in [-0.15, -0.1) is 0 Å². The van der Waals surface area contributed by atoms with Gasteiger partial charge in [0.25, 0.3) is 0 Å². The van der Waals surface area contributed by atoms with Crippen molar-refractivity contribution in [2.45, 2.75) is 198 Å². The second-order valence-electron chi connectivity index (χ2n) is 23.0. The molecule has 0 unspecified atom stereocenters. The average molecular weight is 985 g/mol. The third kappa shape index (κ3) is 8.86. The number of hydrogen-bond acceptors (Lipinski definition) is 14. The Morgan fingerprint density at radius 3 is 1.35 bits per heavy atom. The molecule has 0 aromatic carbocycles. The summed E-state index contributed by atoms with van der Waals surface area (Å²) in [6.07, 6.45) is 10.6. The van der Waals surface area contributed by atoms with Crippen LogP contribution in [-0.4, -0.2) is 86.9 Å². The Hall–Kier alpha value is -4.56. The van der Waals surface area contributed by atoms with Gasteiger partial charge >= 0.3 is 0 Å². The highest BCUT2D eigenvalue weighted by molar-refractivity contribution is 6.01. The zero-order chi connectivity index (χ0) is 49.6. The molecule has 6 aliphatic carbocycles. The fourth-order valence-electron chi connectivity index (χ4n) is 14.9. The van der Waals surface area contributed by atoms with E-state index in [2.05, 4.69) is 63.4 Å². The van der Waals surface area contributed by atoms with E-state index in [9.17, 15) is 14.7 Å². The number of carbonyl (C=O) groups excluding carboxylic acids is 2. The van der Waals surface area contributed by atoms with Crippen molar-refractivity contribution in [3.05, 3.63) is 63.1 Å².